The van der Waals surface area contributed by atoms with E-state index in [0.717, 1.165) is 35.5 Å². The highest BCUT2D eigenvalue weighted by molar-refractivity contribution is 5.84. The summed E-state index contributed by atoms with van der Waals surface area (Å²) in [6.45, 7) is 12.5. The number of ether oxygens (including phenoxy) is 1. The van der Waals surface area contributed by atoms with Crippen molar-refractivity contribution in [3.05, 3.63) is 54.1 Å². The molecular weight excluding hydrogens is 452 g/mol. The molecule has 2 aromatic carbocycles. The van der Waals surface area contributed by atoms with Crippen molar-refractivity contribution in [2.45, 2.75) is 52.6 Å². The fourth-order valence-electron chi connectivity index (χ4n) is 4.41. The van der Waals surface area contributed by atoms with E-state index in [4.69, 9.17) is 10.00 Å². The van der Waals surface area contributed by atoms with Gasteiger partial charge in [0.15, 0.2) is 0 Å². The van der Waals surface area contributed by atoms with Gasteiger partial charge in [0.1, 0.15) is 12.1 Å². The molecule has 36 heavy (non-hydrogen) atoms. The highest BCUT2D eigenvalue weighted by Gasteiger charge is 2.26. The summed E-state index contributed by atoms with van der Waals surface area (Å²) in [7, 11) is 0. The summed E-state index contributed by atoms with van der Waals surface area (Å²) in [4.78, 5) is 29.2. The van der Waals surface area contributed by atoms with Gasteiger partial charge in [0.05, 0.1) is 12.0 Å². The van der Waals surface area contributed by atoms with Gasteiger partial charge in [-0.1, -0.05) is 50.2 Å². The van der Waals surface area contributed by atoms with Crippen molar-refractivity contribution in [1.82, 2.24) is 10.2 Å². The first-order valence-electron chi connectivity index (χ1n) is 12.7. The topological polar surface area (TPSA) is 85.7 Å². The molecule has 2 amide bonds. The molecule has 1 unspecified atom stereocenters. The lowest BCUT2D eigenvalue weighted by atomic mass is 9.88. The van der Waals surface area contributed by atoms with Crippen molar-refractivity contribution in [1.29, 1.82) is 5.26 Å². The van der Waals surface area contributed by atoms with Crippen molar-refractivity contribution in [2.75, 3.05) is 37.6 Å². The lowest BCUT2D eigenvalue weighted by Crippen LogP contribution is -2.50. The minimum Gasteiger partial charge on any atom is -0.444 e. The van der Waals surface area contributed by atoms with Gasteiger partial charge >= 0.3 is 6.09 Å². The van der Waals surface area contributed by atoms with Crippen LogP contribution < -0.4 is 10.2 Å². The molecule has 0 saturated carbocycles. The van der Waals surface area contributed by atoms with Crippen LogP contribution in [0.3, 0.4) is 0 Å². The summed E-state index contributed by atoms with van der Waals surface area (Å²) in [6.07, 6.45) is 0.449. The maximum atomic E-state index is 12.8. The second-order valence-electron chi connectivity index (χ2n) is 10.7. The van der Waals surface area contributed by atoms with Crippen LogP contribution >= 0.6 is 0 Å². The van der Waals surface area contributed by atoms with Crippen LogP contribution in [0.15, 0.2) is 48.5 Å². The standard InChI is InChI=1S/C29H38N4O3/c1-21(2)18-26(27(34)31-13-12-30)24-10-6-8-22(19-24)23-9-7-11-25(20-23)32-14-16-33(17-15-32)28(35)36-29(3,4)5/h6-11,19-21,26H,13-18H2,1-5H3,(H,31,34). The van der Waals surface area contributed by atoms with Crippen LogP contribution in [0.5, 0.6) is 0 Å². The Kier molecular flexibility index (Phi) is 8.98. The SMILES string of the molecule is CC(C)CC(C(=O)NCC#N)c1cccc(-c2cccc(N3CCN(C(=O)OC(C)(C)C)CC3)c2)c1. The maximum Gasteiger partial charge on any atom is 0.410 e. The first-order chi connectivity index (χ1) is 17.1. The third-order valence-electron chi connectivity index (χ3n) is 6.13. The largest absolute Gasteiger partial charge is 0.444 e. The Bertz CT molecular complexity index is 1090. The molecule has 7 heteroatoms. The Labute approximate surface area is 215 Å². The van der Waals surface area contributed by atoms with Gasteiger partial charge in [0, 0.05) is 31.9 Å². The molecule has 2 aromatic rings. The molecule has 1 heterocycles. The number of benzene rings is 2. The molecule has 7 nitrogen and oxygen atoms in total. The number of nitriles is 1. The lowest BCUT2D eigenvalue weighted by Gasteiger charge is -2.36. The first kappa shape index (κ1) is 27.1. The van der Waals surface area contributed by atoms with E-state index in [1.54, 1.807) is 4.90 Å². The molecule has 0 aromatic heterocycles. The molecule has 0 spiro atoms. The number of hydrogen-bond acceptors (Lipinski definition) is 5. The van der Waals surface area contributed by atoms with Gasteiger partial charge in [0.2, 0.25) is 5.91 Å². The van der Waals surface area contributed by atoms with E-state index in [2.05, 4.69) is 54.4 Å². The highest BCUT2D eigenvalue weighted by atomic mass is 16.6. The molecule has 0 aliphatic carbocycles. The monoisotopic (exact) mass is 490 g/mol. The number of nitrogens with zero attached hydrogens (tertiary/aromatic N) is 3. The van der Waals surface area contributed by atoms with E-state index in [9.17, 15) is 9.59 Å². The second kappa shape index (κ2) is 11.9. The van der Waals surface area contributed by atoms with E-state index in [0.29, 0.717) is 25.4 Å². The summed E-state index contributed by atoms with van der Waals surface area (Å²) in [5.41, 5.74) is 3.68. The lowest BCUT2D eigenvalue weighted by molar-refractivity contribution is -0.122. The van der Waals surface area contributed by atoms with Gasteiger partial charge in [-0.15, -0.1) is 0 Å². The summed E-state index contributed by atoms with van der Waals surface area (Å²) in [5, 5.41) is 11.6. The van der Waals surface area contributed by atoms with Crippen LogP contribution in [0.4, 0.5) is 10.5 Å². The van der Waals surface area contributed by atoms with E-state index in [1.807, 2.05) is 45.0 Å². The van der Waals surface area contributed by atoms with Gasteiger partial charge in [-0.25, -0.2) is 4.79 Å². The van der Waals surface area contributed by atoms with Crippen molar-refractivity contribution in [2.24, 2.45) is 5.92 Å². The van der Waals surface area contributed by atoms with Gasteiger partial charge < -0.3 is 19.9 Å². The van der Waals surface area contributed by atoms with E-state index in [-0.39, 0.29) is 24.5 Å². The predicted octanol–water partition coefficient (Wildman–Crippen LogP) is 5.18. The second-order valence-corrected chi connectivity index (χ2v) is 10.7. The van der Waals surface area contributed by atoms with Crippen LogP contribution in [-0.4, -0.2) is 55.2 Å². The Balaban J connectivity index is 1.75. The Morgan fingerprint density at radius 2 is 1.67 bits per heavy atom. The fraction of sp³-hybridized carbons (Fsp3) is 0.483. The molecule has 1 N–H and O–H groups in total. The minimum atomic E-state index is -0.498. The Morgan fingerprint density at radius 3 is 2.28 bits per heavy atom. The van der Waals surface area contributed by atoms with Crippen LogP contribution in [0.25, 0.3) is 11.1 Å². The van der Waals surface area contributed by atoms with Crippen LogP contribution in [-0.2, 0) is 9.53 Å². The van der Waals surface area contributed by atoms with Crippen molar-refractivity contribution < 1.29 is 14.3 Å². The van der Waals surface area contributed by atoms with Crippen molar-refractivity contribution >= 4 is 17.7 Å². The van der Waals surface area contributed by atoms with E-state index >= 15 is 0 Å². The van der Waals surface area contributed by atoms with Gasteiger partial charge in [0.25, 0.3) is 0 Å². The Hall–Kier alpha value is -3.53. The highest BCUT2D eigenvalue weighted by Crippen LogP contribution is 2.30. The molecule has 1 atom stereocenters. The van der Waals surface area contributed by atoms with Crippen molar-refractivity contribution in [3.8, 4) is 17.2 Å². The molecule has 1 aliphatic rings. The molecule has 1 fully saturated rings. The zero-order valence-corrected chi connectivity index (χ0v) is 22.1. The van der Waals surface area contributed by atoms with E-state index in [1.165, 1.54) is 0 Å². The predicted molar refractivity (Wildman–Crippen MR) is 143 cm³/mol. The van der Waals surface area contributed by atoms with Gasteiger partial charge in [-0.2, -0.15) is 5.26 Å². The smallest absolute Gasteiger partial charge is 0.410 e. The number of amides is 2. The summed E-state index contributed by atoms with van der Waals surface area (Å²) in [5.74, 6) is -0.0735. The number of carbonyl (C=O) groups excluding carboxylic acids is 2. The van der Waals surface area contributed by atoms with Crippen LogP contribution in [0.1, 0.15) is 52.5 Å². The molecule has 0 radical (unpaired) electrons. The molecule has 192 valence electrons. The third kappa shape index (κ3) is 7.48. The minimum absolute atomic E-state index is 0.0103. The Morgan fingerprint density at radius 1 is 1.03 bits per heavy atom. The zero-order valence-electron chi connectivity index (χ0n) is 22.1. The third-order valence-corrected chi connectivity index (χ3v) is 6.13. The fourth-order valence-corrected chi connectivity index (χ4v) is 4.41. The zero-order chi connectivity index (χ0) is 26.3. The van der Waals surface area contributed by atoms with Gasteiger partial charge in [-0.3, -0.25) is 4.79 Å². The summed E-state index contributed by atoms with van der Waals surface area (Å²) >= 11 is 0. The van der Waals surface area contributed by atoms with Gasteiger partial charge in [-0.05, 0) is 61.9 Å². The number of carbonyl (C=O) groups is 2. The molecule has 0 bridgehead atoms. The number of hydrogen-bond donors (Lipinski definition) is 1. The quantitative estimate of drug-likeness (QED) is 0.541. The maximum absolute atomic E-state index is 12.8. The molecule has 1 saturated heterocycles. The van der Waals surface area contributed by atoms with E-state index < -0.39 is 5.60 Å². The normalized spacial score (nSPS) is 14.8. The van der Waals surface area contributed by atoms with Crippen molar-refractivity contribution in [3.63, 3.8) is 0 Å². The number of rotatable bonds is 7. The molecular formula is C29H38N4O3. The summed E-state index contributed by atoms with van der Waals surface area (Å²) in [6, 6.07) is 18.5. The van der Waals surface area contributed by atoms with Crippen LogP contribution in [0, 0.1) is 17.2 Å². The number of nitrogens with one attached hydrogen (secondary N) is 1. The summed E-state index contributed by atoms with van der Waals surface area (Å²) < 4.78 is 5.51. The first-order valence-corrected chi connectivity index (χ1v) is 12.7. The average molecular weight is 491 g/mol. The van der Waals surface area contributed by atoms with Crippen LogP contribution in [0.2, 0.25) is 0 Å². The number of piperazine rings is 1. The number of anilines is 1. The molecule has 3 rings (SSSR count). The molecule has 1 aliphatic heterocycles. The average Bonchev–Trinajstić information content (AvgIpc) is 2.85.